The summed E-state index contributed by atoms with van der Waals surface area (Å²) in [6.07, 6.45) is 6.05. The molecule has 1 saturated carbocycles. The second-order valence-corrected chi connectivity index (χ2v) is 5.52. The fourth-order valence-electron chi connectivity index (χ4n) is 2.17. The summed E-state index contributed by atoms with van der Waals surface area (Å²) >= 11 is 1.81. The van der Waals surface area contributed by atoms with Crippen LogP contribution in [-0.4, -0.2) is 35.5 Å². The van der Waals surface area contributed by atoms with Gasteiger partial charge >= 0.3 is 5.97 Å². The number of carboxylic acids is 1. The van der Waals surface area contributed by atoms with Crippen LogP contribution in [0.15, 0.2) is 0 Å². The first kappa shape index (κ1) is 14.4. The molecule has 0 spiro atoms. The lowest BCUT2D eigenvalue weighted by atomic mass is 10.0. The van der Waals surface area contributed by atoms with E-state index >= 15 is 0 Å². The van der Waals surface area contributed by atoms with E-state index in [0.717, 1.165) is 18.6 Å². The van der Waals surface area contributed by atoms with Crippen LogP contribution in [0.4, 0.5) is 0 Å². The highest BCUT2D eigenvalue weighted by Gasteiger charge is 2.33. The molecule has 1 aliphatic rings. The third kappa shape index (κ3) is 4.98. The molecule has 4 nitrogen and oxygen atoms in total. The third-order valence-corrected chi connectivity index (χ3v) is 3.92. The highest BCUT2D eigenvalue weighted by atomic mass is 32.2. The number of thioether (sulfide) groups is 1. The number of nitrogens with one attached hydrogen (secondary N) is 1. The van der Waals surface area contributed by atoms with Crippen LogP contribution in [0.5, 0.6) is 0 Å². The lowest BCUT2D eigenvalue weighted by Gasteiger charge is -2.10. The first-order chi connectivity index (χ1) is 8.15. The van der Waals surface area contributed by atoms with Crippen LogP contribution in [0, 0.1) is 11.8 Å². The van der Waals surface area contributed by atoms with Crippen LogP contribution in [0.3, 0.4) is 0 Å². The summed E-state index contributed by atoms with van der Waals surface area (Å²) in [5.74, 6) is -0.00233. The van der Waals surface area contributed by atoms with E-state index in [9.17, 15) is 9.59 Å². The van der Waals surface area contributed by atoms with Gasteiger partial charge in [-0.1, -0.05) is 0 Å². The van der Waals surface area contributed by atoms with Crippen LogP contribution in [0.2, 0.25) is 0 Å². The average molecular weight is 259 g/mol. The smallest absolute Gasteiger partial charge is 0.306 e. The monoisotopic (exact) mass is 259 g/mol. The molecule has 5 heteroatoms. The molecule has 0 saturated heterocycles. The first-order valence-corrected chi connectivity index (χ1v) is 7.54. The van der Waals surface area contributed by atoms with Crippen molar-refractivity contribution in [2.75, 3.05) is 18.6 Å². The number of rotatable bonds is 7. The Bertz CT molecular complexity index is 270. The summed E-state index contributed by atoms with van der Waals surface area (Å²) in [5, 5.41) is 11.8. The Morgan fingerprint density at radius 1 is 1.29 bits per heavy atom. The van der Waals surface area contributed by atoms with E-state index in [1.54, 1.807) is 0 Å². The lowest BCUT2D eigenvalue weighted by molar-refractivity contribution is -0.141. The van der Waals surface area contributed by atoms with E-state index in [-0.39, 0.29) is 17.7 Å². The predicted molar refractivity (Wildman–Crippen MR) is 69.1 cm³/mol. The van der Waals surface area contributed by atoms with E-state index in [4.69, 9.17) is 5.11 Å². The minimum atomic E-state index is -0.764. The Labute approximate surface area is 107 Å². The molecular weight excluding hydrogens is 238 g/mol. The Balaban J connectivity index is 2.14. The van der Waals surface area contributed by atoms with Gasteiger partial charge in [0.25, 0.3) is 0 Å². The number of unbranched alkanes of at least 4 members (excludes halogenated alkanes) is 1. The van der Waals surface area contributed by atoms with Gasteiger partial charge in [-0.25, -0.2) is 0 Å². The summed E-state index contributed by atoms with van der Waals surface area (Å²) in [7, 11) is 0. The molecule has 2 atom stereocenters. The van der Waals surface area contributed by atoms with Gasteiger partial charge in [0, 0.05) is 12.5 Å². The van der Waals surface area contributed by atoms with Gasteiger partial charge in [-0.15, -0.1) is 0 Å². The van der Waals surface area contributed by atoms with E-state index in [1.807, 2.05) is 11.8 Å². The molecular formula is C12H21NO3S. The predicted octanol–water partition coefficient (Wildman–Crippen LogP) is 1.75. The zero-order chi connectivity index (χ0) is 12.7. The van der Waals surface area contributed by atoms with Gasteiger partial charge in [-0.05, 0) is 44.1 Å². The lowest BCUT2D eigenvalue weighted by Crippen LogP contribution is -2.30. The number of amides is 1. The molecule has 1 rings (SSSR count). The normalized spacial score (nSPS) is 23.6. The van der Waals surface area contributed by atoms with Gasteiger partial charge < -0.3 is 10.4 Å². The molecule has 0 aromatic heterocycles. The fourth-order valence-corrected chi connectivity index (χ4v) is 2.66. The zero-order valence-electron chi connectivity index (χ0n) is 10.3. The van der Waals surface area contributed by atoms with Crippen molar-refractivity contribution in [2.24, 2.45) is 11.8 Å². The van der Waals surface area contributed by atoms with Crippen molar-refractivity contribution in [3.63, 3.8) is 0 Å². The Hall–Kier alpha value is -0.710. The zero-order valence-corrected chi connectivity index (χ0v) is 11.1. The van der Waals surface area contributed by atoms with Crippen molar-refractivity contribution in [1.82, 2.24) is 5.32 Å². The maximum Gasteiger partial charge on any atom is 0.306 e. The van der Waals surface area contributed by atoms with E-state index in [2.05, 4.69) is 11.6 Å². The second kappa shape index (κ2) is 7.58. The SMILES string of the molecule is CSCCCCNC(=O)[C@@H]1CC[C@H](C(=O)O)C1. The number of hydrogen-bond acceptors (Lipinski definition) is 3. The largest absolute Gasteiger partial charge is 0.481 e. The van der Waals surface area contributed by atoms with Crippen molar-refractivity contribution >= 4 is 23.6 Å². The van der Waals surface area contributed by atoms with E-state index in [1.165, 1.54) is 0 Å². The van der Waals surface area contributed by atoms with Gasteiger partial charge in [0.2, 0.25) is 5.91 Å². The molecule has 98 valence electrons. The van der Waals surface area contributed by atoms with E-state index in [0.29, 0.717) is 25.8 Å². The van der Waals surface area contributed by atoms with Gasteiger partial charge in [0.1, 0.15) is 0 Å². The average Bonchev–Trinajstić information content (AvgIpc) is 2.78. The second-order valence-electron chi connectivity index (χ2n) is 4.54. The standard InChI is InChI=1S/C12H21NO3S/c1-17-7-3-2-6-13-11(14)9-4-5-10(8-9)12(15)16/h9-10H,2-8H2,1H3,(H,13,14)(H,15,16)/t9-,10+/m1/s1. The molecule has 0 aromatic rings. The van der Waals surface area contributed by atoms with Crippen LogP contribution in [-0.2, 0) is 9.59 Å². The molecule has 0 aromatic carbocycles. The molecule has 0 heterocycles. The molecule has 2 N–H and O–H groups in total. The van der Waals surface area contributed by atoms with Gasteiger partial charge in [0.05, 0.1) is 5.92 Å². The molecule has 0 unspecified atom stereocenters. The van der Waals surface area contributed by atoms with Gasteiger partial charge in [-0.2, -0.15) is 11.8 Å². The van der Waals surface area contributed by atoms with Crippen molar-refractivity contribution in [3.05, 3.63) is 0 Å². The highest BCUT2D eigenvalue weighted by molar-refractivity contribution is 7.98. The van der Waals surface area contributed by atoms with Crippen LogP contribution in [0.25, 0.3) is 0 Å². The first-order valence-electron chi connectivity index (χ1n) is 6.14. The molecule has 17 heavy (non-hydrogen) atoms. The van der Waals surface area contributed by atoms with Crippen LogP contribution in [0.1, 0.15) is 32.1 Å². The van der Waals surface area contributed by atoms with Crippen molar-refractivity contribution in [2.45, 2.75) is 32.1 Å². The Morgan fingerprint density at radius 3 is 2.59 bits per heavy atom. The van der Waals surface area contributed by atoms with Crippen LogP contribution < -0.4 is 5.32 Å². The van der Waals surface area contributed by atoms with Crippen molar-refractivity contribution in [3.8, 4) is 0 Å². The third-order valence-electron chi connectivity index (χ3n) is 3.23. The fraction of sp³-hybridized carbons (Fsp3) is 0.833. The summed E-state index contributed by atoms with van der Waals surface area (Å²) < 4.78 is 0. The van der Waals surface area contributed by atoms with Crippen molar-refractivity contribution in [1.29, 1.82) is 0 Å². The number of carbonyl (C=O) groups is 2. The quantitative estimate of drug-likeness (QED) is 0.684. The van der Waals surface area contributed by atoms with Crippen molar-refractivity contribution < 1.29 is 14.7 Å². The minimum Gasteiger partial charge on any atom is -0.481 e. The highest BCUT2D eigenvalue weighted by Crippen LogP contribution is 2.30. The summed E-state index contributed by atoms with van der Waals surface area (Å²) in [6.45, 7) is 0.716. The maximum absolute atomic E-state index is 11.7. The number of carbonyl (C=O) groups excluding carboxylic acids is 1. The maximum atomic E-state index is 11.7. The summed E-state index contributed by atoms with van der Waals surface area (Å²) in [6, 6.07) is 0. The number of hydrogen-bond donors (Lipinski definition) is 2. The molecule has 0 bridgehead atoms. The number of carboxylic acid groups (broad SMARTS) is 1. The summed E-state index contributed by atoms with van der Waals surface area (Å²) in [5.41, 5.74) is 0. The molecule has 1 fully saturated rings. The molecule has 1 aliphatic carbocycles. The topological polar surface area (TPSA) is 66.4 Å². The Morgan fingerprint density at radius 2 is 2.00 bits per heavy atom. The molecule has 0 radical (unpaired) electrons. The Kier molecular flexibility index (Phi) is 6.40. The minimum absolute atomic E-state index is 0.0397. The summed E-state index contributed by atoms with van der Waals surface area (Å²) in [4.78, 5) is 22.5. The molecule has 1 amide bonds. The number of aliphatic carboxylic acids is 1. The van der Waals surface area contributed by atoms with Gasteiger partial charge in [-0.3, -0.25) is 9.59 Å². The molecule has 0 aliphatic heterocycles. The van der Waals surface area contributed by atoms with E-state index < -0.39 is 5.97 Å². The van der Waals surface area contributed by atoms with Gasteiger partial charge in [0.15, 0.2) is 0 Å². The van der Waals surface area contributed by atoms with Crippen LogP contribution >= 0.6 is 11.8 Å².